The number of fused-ring (bicyclic) bond motifs is 13. The molecule has 0 fully saturated rings. The van der Waals surface area contributed by atoms with E-state index in [0.29, 0.717) is 0 Å². The minimum Gasteiger partial charge on any atom is -0.306 e. The number of halogens is 2. The number of hydrogen-bond acceptors (Lipinski definition) is 2. The molecule has 0 aliphatic carbocycles. The van der Waals surface area contributed by atoms with Crippen LogP contribution in [0.1, 0.15) is 43.9 Å². The first-order chi connectivity index (χ1) is 44.9. The van der Waals surface area contributed by atoms with Crippen molar-refractivity contribution in [2.45, 2.75) is 0 Å². The summed E-state index contributed by atoms with van der Waals surface area (Å²) in [5.74, 6) is -1.51. The smallest absolute Gasteiger partial charge is 0.155 e. The molecule has 0 aliphatic rings. The van der Waals surface area contributed by atoms with E-state index in [9.17, 15) is 21.9 Å². The number of rotatable bonds is 4. The molecule has 64 heavy (non-hydrogen) atoms. The van der Waals surface area contributed by atoms with Gasteiger partial charge in [-0.15, -0.1) is 0 Å². The van der Waals surface area contributed by atoms with Gasteiger partial charge in [-0.2, -0.15) is 0 Å². The molecule has 0 saturated carbocycles. The normalized spacial score (nSPS) is 19.2. The molecular weight excluding hydrogens is 916 g/mol. The second kappa shape index (κ2) is 13.5. The predicted octanol–water partition coefficient (Wildman–Crippen LogP) is 15.5. The molecule has 0 spiro atoms. The average molecular weight is 981 g/mol. The third-order valence-corrected chi connectivity index (χ3v) is 12.4. The molecule has 0 saturated heterocycles. The maximum Gasteiger partial charge on any atom is 0.155 e. The highest BCUT2D eigenvalue weighted by atomic mass is 79.9. The lowest BCUT2D eigenvalue weighted by Crippen LogP contribution is -2.11. The topological polar surface area (TPSA) is 45.5 Å². The van der Waals surface area contributed by atoms with Crippen molar-refractivity contribution in [2.24, 2.45) is 0 Å². The Morgan fingerprint density at radius 3 is 0.688 bits per heavy atom. The fourth-order valence-corrected chi connectivity index (χ4v) is 9.69. The largest absolute Gasteiger partial charge is 0.306 e. The molecule has 6 heterocycles. The van der Waals surface area contributed by atoms with Crippen molar-refractivity contribution in [2.75, 3.05) is 0 Å². The van der Waals surface area contributed by atoms with Crippen LogP contribution in [-0.4, -0.2) is 28.2 Å². The van der Waals surface area contributed by atoms with Crippen molar-refractivity contribution in [1.29, 1.82) is 0 Å². The van der Waals surface area contributed by atoms with Crippen molar-refractivity contribution in [3.8, 4) is 23.0 Å². The van der Waals surface area contributed by atoms with E-state index >= 15 is 0 Å². The predicted molar refractivity (Wildman–Crippen MR) is 272 cm³/mol. The van der Waals surface area contributed by atoms with Crippen molar-refractivity contribution in [3.63, 3.8) is 0 Å². The molecule has 0 bridgehead atoms. The molecule has 8 aromatic carbocycles. The third kappa shape index (κ3) is 4.78. The highest BCUT2D eigenvalue weighted by Crippen LogP contribution is 2.47. The summed E-state index contributed by atoms with van der Waals surface area (Å²) >= 11 is 7.26. The molecule has 6 aromatic heterocycles. The molecule has 0 radical (unpaired) electrons. The van der Waals surface area contributed by atoms with Crippen LogP contribution in [0.4, 0.5) is 0 Å². The number of hydrogen-bond donors (Lipinski definition) is 0. The Kier molecular flexibility index (Phi) is 3.56. The van der Waals surface area contributed by atoms with Crippen LogP contribution in [0.2, 0.25) is 0 Å². The fourth-order valence-electron chi connectivity index (χ4n) is 8.42. The molecule has 0 aliphatic heterocycles. The second-order valence-electron chi connectivity index (χ2n) is 14.0. The maximum absolute atomic E-state index is 9.75. The van der Waals surface area contributed by atoms with Crippen LogP contribution >= 0.6 is 31.9 Å². The number of nitrogens with zero attached hydrogens (tertiary/aromatic N) is 6. The molecule has 14 rings (SSSR count). The van der Waals surface area contributed by atoms with Crippen LogP contribution in [0, 0.1) is 0 Å². The summed E-state index contributed by atoms with van der Waals surface area (Å²) < 4.78 is 299. The van der Waals surface area contributed by atoms with E-state index in [4.69, 9.17) is 31.9 Å². The molecule has 0 atom stereocenters. The monoisotopic (exact) mass is 978 g/mol. The zero-order valence-electron chi connectivity index (χ0n) is 63.4. The Morgan fingerprint density at radius 2 is 0.469 bits per heavy atom. The first-order valence-electron chi connectivity index (χ1n) is 34.7. The number of aromatic nitrogens is 6. The van der Waals surface area contributed by atoms with E-state index in [0.717, 1.165) is 18.3 Å². The first kappa shape index (κ1) is 16.9. The van der Waals surface area contributed by atoms with Crippen LogP contribution in [-0.2, 0) is 0 Å². The van der Waals surface area contributed by atoms with Crippen LogP contribution in [0.5, 0.6) is 0 Å². The highest BCUT2D eigenvalue weighted by molar-refractivity contribution is 9.11. The first-order valence-corrected chi connectivity index (χ1v) is 20.3. The maximum atomic E-state index is 9.75. The van der Waals surface area contributed by atoms with Crippen molar-refractivity contribution in [3.05, 3.63) is 202 Å². The van der Waals surface area contributed by atoms with Gasteiger partial charge in [-0.25, -0.2) is 9.97 Å². The van der Waals surface area contributed by atoms with Gasteiger partial charge in [0, 0.05) is 43.1 Å². The Labute approximate surface area is 427 Å². The minimum absolute atomic E-state index is 0.539. The van der Waals surface area contributed by atoms with E-state index in [1.54, 1.807) is 0 Å². The van der Waals surface area contributed by atoms with Crippen molar-refractivity contribution >= 4 is 130 Å². The lowest BCUT2D eigenvalue weighted by atomic mass is 10.2. The zero-order valence-corrected chi connectivity index (χ0v) is 34.6. The Morgan fingerprint density at radius 1 is 0.281 bits per heavy atom. The van der Waals surface area contributed by atoms with Crippen LogP contribution in [0.15, 0.2) is 202 Å². The fraction of sp³-hybridized carbons (Fsp3) is 0. The molecule has 0 amide bonds. The summed E-state index contributed by atoms with van der Waals surface area (Å²) in [5.41, 5.74) is -8.22. The molecule has 0 unspecified atom stereocenters. The summed E-state index contributed by atoms with van der Waals surface area (Å²) in [7, 11) is 0. The number of pyridine rings is 2. The molecule has 8 heteroatoms. The second-order valence-corrected chi connectivity index (χ2v) is 15.6. The standard InChI is InChI=1S/C56H32Br2N6/c57-49-53(61-41-25-9-1-17-33(41)34-18-2-10-26-42(34)61)51-52(60-55(49)63-45-29-13-5-21-37(45)38-22-6-14-30-46(38)63)54(62-43-27-11-3-19-35(43)36-20-4-12-28-44(36)62)50(58)56(59-51)64-47-31-15-7-23-39(47)40-24-8-16-32-48(40)64/h1-32H/i1D,2D,3D,4D,5D,6D,7D,8D,9D,10D,11D,12D,13D,14D,15D,16D,17D,18D,19D,20D,21D,22D,23D,24D,25D,26D,27D,28D,29D,30D,31D,32D. The average Bonchev–Trinajstić information content (AvgIpc) is 1.50. The summed E-state index contributed by atoms with van der Waals surface area (Å²) in [6, 6.07) is -29.3. The number of para-hydroxylation sites is 8. The lowest BCUT2D eigenvalue weighted by Gasteiger charge is -2.22. The van der Waals surface area contributed by atoms with Gasteiger partial charge >= 0.3 is 0 Å². The van der Waals surface area contributed by atoms with E-state index in [-0.39, 0.29) is 0 Å². The highest BCUT2D eigenvalue weighted by Gasteiger charge is 2.30. The van der Waals surface area contributed by atoms with Crippen LogP contribution in [0.3, 0.4) is 0 Å². The summed E-state index contributed by atoms with van der Waals surface area (Å²) in [5, 5.41) is -4.48. The Balaban J connectivity index is 1.42. The van der Waals surface area contributed by atoms with Gasteiger partial charge in [-0.05, 0) is 80.2 Å². The summed E-state index contributed by atoms with van der Waals surface area (Å²) in [6.45, 7) is 0. The Bertz CT molecular complexity index is 5530. The van der Waals surface area contributed by atoms with Gasteiger partial charge in [0.15, 0.2) is 11.6 Å². The van der Waals surface area contributed by atoms with Gasteiger partial charge < -0.3 is 9.13 Å². The van der Waals surface area contributed by atoms with Gasteiger partial charge in [0.25, 0.3) is 0 Å². The summed E-state index contributed by atoms with van der Waals surface area (Å²) in [4.78, 5) is 10.3. The van der Waals surface area contributed by atoms with E-state index < -0.39 is 324 Å². The molecule has 14 aromatic rings. The van der Waals surface area contributed by atoms with E-state index in [1.807, 2.05) is 0 Å². The van der Waals surface area contributed by atoms with Crippen LogP contribution < -0.4 is 0 Å². The van der Waals surface area contributed by atoms with Gasteiger partial charge in [0.1, 0.15) is 11.0 Å². The SMILES string of the molecule is [2H]c1c([2H])c([2H])c2c(c1[2H])c1c([2H])c([2H])c([2H])c([2H])c1n2-c1nc2c(-n3c4c([2H])c([2H])c([2H])c([2H])c4c4c([2H])c([2H])c([2H])c([2H])c43)c(Br)c(-n3c4c([2H])c([2H])c([2H])c([2H])c4c4c([2H])c([2H])c([2H])c([2H])c43)nc2c(-n2c3c([2H])c([2H])c([2H])c([2H])c3c3c([2H])c([2H])c([2H])c([2H])c32)c1Br. The van der Waals surface area contributed by atoms with Crippen molar-refractivity contribution < 1.29 is 43.9 Å². The molecule has 300 valence electrons. The van der Waals surface area contributed by atoms with E-state index in [1.165, 1.54) is 0 Å². The number of benzene rings is 8. The quantitative estimate of drug-likeness (QED) is 0.176. The van der Waals surface area contributed by atoms with Gasteiger partial charge in [-0.1, -0.05) is 145 Å². The lowest BCUT2D eigenvalue weighted by molar-refractivity contribution is 1.02. The molecule has 6 nitrogen and oxygen atoms in total. The van der Waals surface area contributed by atoms with Gasteiger partial charge in [0.05, 0.1) is 108 Å². The van der Waals surface area contributed by atoms with Gasteiger partial charge in [-0.3, -0.25) is 9.13 Å². The zero-order chi connectivity index (χ0) is 70.1. The molecular formula is C56H32Br2N6. The minimum atomic E-state index is -0.977. The van der Waals surface area contributed by atoms with E-state index in [2.05, 4.69) is 31.9 Å². The third-order valence-electron chi connectivity index (χ3n) is 10.9. The summed E-state index contributed by atoms with van der Waals surface area (Å²) in [6.07, 6.45) is 0. The van der Waals surface area contributed by atoms with Crippen molar-refractivity contribution in [1.82, 2.24) is 28.2 Å². The van der Waals surface area contributed by atoms with Gasteiger partial charge in [0.2, 0.25) is 0 Å². The molecule has 0 N–H and O–H groups in total. The Hall–Kier alpha value is -7.52. The van der Waals surface area contributed by atoms with Crippen LogP contribution in [0.25, 0.3) is 121 Å².